The van der Waals surface area contributed by atoms with Crippen LogP contribution in [0.3, 0.4) is 0 Å². The smallest absolute Gasteiger partial charge is 0.310 e. The first-order chi connectivity index (χ1) is 9.16. The summed E-state index contributed by atoms with van der Waals surface area (Å²) in [6.07, 6.45) is 4.67. The molecule has 2 aromatic rings. The number of pyridine rings is 1. The summed E-state index contributed by atoms with van der Waals surface area (Å²) in [7, 11) is 0. The number of halogens is 1. The normalized spacial score (nSPS) is 12.1. The highest BCUT2D eigenvalue weighted by atomic mass is 35.5. The summed E-state index contributed by atoms with van der Waals surface area (Å²) in [4.78, 5) is 15.4. The number of aliphatic carboxylic acids is 1. The van der Waals surface area contributed by atoms with E-state index >= 15 is 0 Å². The summed E-state index contributed by atoms with van der Waals surface area (Å²) in [5, 5.41) is 9.90. The SMILES string of the molecule is O=C(O)C(CCc1cccnc1)c1cccc(Cl)c1. The van der Waals surface area contributed by atoms with Crippen LogP contribution >= 0.6 is 11.6 Å². The molecule has 1 atom stereocenters. The van der Waals surface area contributed by atoms with Crippen molar-refractivity contribution in [3.63, 3.8) is 0 Å². The van der Waals surface area contributed by atoms with Gasteiger partial charge in [0.1, 0.15) is 0 Å². The Morgan fingerprint density at radius 1 is 1.32 bits per heavy atom. The summed E-state index contributed by atoms with van der Waals surface area (Å²) in [5.74, 6) is -1.37. The van der Waals surface area contributed by atoms with Crippen molar-refractivity contribution in [2.75, 3.05) is 0 Å². The molecular formula is C15H14ClNO2. The monoisotopic (exact) mass is 275 g/mol. The first-order valence-electron chi connectivity index (χ1n) is 6.04. The number of carboxylic acid groups (broad SMARTS) is 1. The van der Waals surface area contributed by atoms with E-state index in [0.29, 0.717) is 17.9 Å². The molecule has 0 bridgehead atoms. The van der Waals surface area contributed by atoms with Crippen molar-refractivity contribution >= 4 is 17.6 Å². The maximum atomic E-state index is 11.4. The fraction of sp³-hybridized carbons (Fsp3) is 0.200. The van der Waals surface area contributed by atoms with Gasteiger partial charge in [-0.3, -0.25) is 9.78 Å². The van der Waals surface area contributed by atoms with Crippen molar-refractivity contribution in [3.8, 4) is 0 Å². The second-order valence-corrected chi connectivity index (χ2v) is 4.78. The Labute approximate surface area is 116 Å². The van der Waals surface area contributed by atoms with Crippen LogP contribution in [-0.4, -0.2) is 16.1 Å². The van der Waals surface area contributed by atoms with Crippen molar-refractivity contribution in [2.24, 2.45) is 0 Å². The Bertz CT molecular complexity index is 557. The molecule has 0 aliphatic heterocycles. The summed E-state index contributed by atoms with van der Waals surface area (Å²) in [6, 6.07) is 10.8. The number of aromatic nitrogens is 1. The first kappa shape index (κ1) is 13.6. The lowest BCUT2D eigenvalue weighted by molar-refractivity contribution is -0.138. The lowest BCUT2D eigenvalue weighted by Crippen LogP contribution is -2.12. The third-order valence-corrected chi connectivity index (χ3v) is 3.23. The van der Waals surface area contributed by atoms with Crippen LogP contribution in [0.5, 0.6) is 0 Å². The van der Waals surface area contributed by atoms with Gasteiger partial charge in [-0.1, -0.05) is 29.8 Å². The van der Waals surface area contributed by atoms with Gasteiger partial charge in [0, 0.05) is 17.4 Å². The number of hydrogen-bond acceptors (Lipinski definition) is 2. The molecule has 0 aliphatic carbocycles. The van der Waals surface area contributed by atoms with E-state index in [-0.39, 0.29) is 0 Å². The molecule has 2 rings (SSSR count). The standard InChI is InChI=1S/C15H14ClNO2/c16-13-5-1-4-12(9-13)14(15(18)19)7-6-11-3-2-8-17-10-11/h1-5,8-10,14H,6-7H2,(H,18,19). The Morgan fingerprint density at radius 3 is 2.79 bits per heavy atom. The highest BCUT2D eigenvalue weighted by Gasteiger charge is 2.19. The average Bonchev–Trinajstić information content (AvgIpc) is 2.40. The van der Waals surface area contributed by atoms with Crippen molar-refractivity contribution in [2.45, 2.75) is 18.8 Å². The fourth-order valence-electron chi connectivity index (χ4n) is 2.01. The number of aryl methyl sites for hydroxylation is 1. The minimum atomic E-state index is -0.828. The fourth-order valence-corrected chi connectivity index (χ4v) is 2.21. The summed E-state index contributed by atoms with van der Waals surface area (Å²) >= 11 is 5.91. The zero-order chi connectivity index (χ0) is 13.7. The molecule has 0 fully saturated rings. The van der Waals surface area contributed by atoms with Crippen LogP contribution in [0, 0.1) is 0 Å². The molecule has 19 heavy (non-hydrogen) atoms. The molecule has 3 nitrogen and oxygen atoms in total. The minimum absolute atomic E-state index is 0.529. The zero-order valence-electron chi connectivity index (χ0n) is 10.3. The number of nitrogens with zero attached hydrogens (tertiary/aromatic N) is 1. The highest BCUT2D eigenvalue weighted by molar-refractivity contribution is 6.30. The van der Waals surface area contributed by atoms with Crippen molar-refractivity contribution < 1.29 is 9.90 Å². The molecule has 0 saturated heterocycles. The van der Waals surface area contributed by atoms with Crippen LogP contribution < -0.4 is 0 Å². The molecule has 0 saturated carbocycles. The third-order valence-electron chi connectivity index (χ3n) is 2.99. The molecular weight excluding hydrogens is 262 g/mol. The molecule has 0 spiro atoms. The van der Waals surface area contributed by atoms with Gasteiger partial charge in [-0.25, -0.2) is 0 Å². The predicted octanol–water partition coefficient (Wildman–Crippen LogP) is 3.54. The average molecular weight is 276 g/mol. The molecule has 1 aromatic heterocycles. The van der Waals surface area contributed by atoms with E-state index in [0.717, 1.165) is 11.1 Å². The van der Waals surface area contributed by atoms with Gasteiger partial charge < -0.3 is 5.11 Å². The number of rotatable bonds is 5. The van der Waals surface area contributed by atoms with Crippen LogP contribution in [0.4, 0.5) is 0 Å². The van der Waals surface area contributed by atoms with E-state index in [9.17, 15) is 9.90 Å². The second-order valence-electron chi connectivity index (χ2n) is 4.35. The van der Waals surface area contributed by atoms with E-state index < -0.39 is 11.9 Å². The molecule has 1 heterocycles. The maximum Gasteiger partial charge on any atom is 0.310 e. The van der Waals surface area contributed by atoms with Crippen LogP contribution in [0.2, 0.25) is 5.02 Å². The van der Waals surface area contributed by atoms with Gasteiger partial charge in [-0.15, -0.1) is 0 Å². The van der Waals surface area contributed by atoms with Gasteiger partial charge in [-0.2, -0.15) is 0 Å². The molecule has 1 N–H and O–H groups in total. The van der Waals surface area contributed by atoms with Gasteiger partial charge in [0.25, 0.3) is 0 Å². The first-order valence-corrected chi connectivity index (χ1v) is 6.42. The number of carbonyl (C=O) groups is 1. The van der Waals surface area contributed by atoms with E-state index in [2.05, 4.69) is 4.98 Å². The van der Waals surface area contributed by atoms with Gasteiger partial charge in [0.15, 0.2) is 0 Å². The zero-order valence-corrected chi connectivity index (χ0v) is 11.0. The molecule has 0 radical (unpaired) electrons. The van der Waals surface area contributed by atoms with E-state index in [1.54, 1.807) is 36.7 Å². The van der Waals surface area contributed by atoms with Crippen LogP contribution in [0.25, 0.3) is 0 Å². The van der Waals surface area contributed by atoms with Gasteiger partial charge in [-0.05, 0) is 42.2 Å². The molecule has 0 amide bonds. The van der Waals surface area contributed by atoms with Crippen LogP contribution in [0.1, 0.15) is 23.5 Å². The van der Waals surface area contributed by atoms with E-state index in [1.807, 2.05) is 12.1 Å². The van der Waals surface area contributed by atoms with Gasteiger partial charge in [0.2, 0.25) is 0 Å². The Hall–Kier alpha value is -1.87. The summed E-state index contributed by atoms with van der Waals surface area (Å²) in [6.45, 7) is 0. The third kappa shape index (κ3) is 3.80. The molecule has 1 aromatic carbocycles. The Morgan fingerprint density at radius 2 is 2.16 bits per heavy atom. The molecule has 4 heteroatoms. The topological polar surface area (TPSA) is 50.2 Å². The summed E-state index contributed by atoms with van der Waals surface area (Å²) < 4.78 is 0. The van der Waals surface area contributed by atoms with Crippen molar-refractivity contribution in [1.29, 1.82) is 0 Å². The lowest BCUT2D eigenvalue weighted by atomic mass is 9.93. The van der Waals surface area contributed by atoms with Crippen LogP contribution in [-0.2, 0) is 11.2 Å². The predicted molar refractivity (Wildman–Crippen MR) is 74.4 cm³/mol. The van der Waals surface area contributed by atoms with E-state index in [1.165, 1.54) is 0 Å². The molecule has 1 unspecified atom stereocenters. The van der Waals surface area contributed by atoms with Crippen LogP contribution in [0.15, 0.2) is 48.8 Å². The quantitative estimate of drug-likeness (QED) is 0.908. The number of hydrogen-bond donors (Lipinski definition) is 1. The minimum Gasteiger partial charge on any atom is -0.481 e. The number of carboxylic acids is 1. The summed E-state index contributed by atoms with van der Waals surface area (Å²) in [5.41, 5.74) is 1.78. The van der Waals surface area contributed by atoms with Crippen molar-refractivity contribution in [1.82, 2.24) is 4.98 Å². The van der Waals surface area contributed by atoms with E-state index in [4.69, 9.17) is 11.6 Å². The lowest BCUT2D eigenvalue weighted by Gasteiger charge is -2.13. The Kier molecular flexibility index (Phi) is 4.53. The maximum absolute atomic E-state index is 11.4. The number of benzene rings is 1. The second kappa shape index (κ2) is 6.34. The van der Waals surface area contributed by atoms with Gasteiger partial charge >= 0.3 is 5.97 Å². The Balaban J connectivity index is 2.11. The van der Waals surface area contributed by atoms with Crippen molar-refractivity contribution in [3.05, 3.63) is 64.9 Å². The molecule has 98 valence electrons. The van der Waals surface area contributed by atoms with Gasteiger partial charge in [0.05, 0.1) is 5.92 Å². The largest absolute Gasteiger partial charge is 0.481 e. The highest BCUT2D eigenvalue weighted by Crippen LogP contribution is 2.24. The molecule has 0 aliphatic rings.